The fourth-order valence-electron chi connectivity index (χ4n) is 3.05. The highest BCUT2D eigenvalue weighted by molar-refractivity contribution is 5.37. The summed E-state index contributed by atoms with van der Waals surface area (Å²) in [4.78, 5) is 2.60. The number of hydrogen-bond acceptors (Lipinski definition) is 3. The van der Waals surface area contributed by atoms with Crippen LogP contribution in [-0.4, -0.2) is 24.1 Å². The van der Waals surface area contributed by atoms with E-state index in [9.17, 15) is 0 Å². The van der Waals surface area contributed by atoms with Crippen molar-refractivity contribution in [2.24, 2.45) is 5.73 Å². The molecule has 2 unspecified atom stereocenters. The van der Waals surface area contributed by atoms with Crippen molar-refractivity contribution in [1.82, 2.24) is 4.90 Å². The Morgan fingerprint density at radius 1 is 1.26 bits per heavy atom. The number of benzene rings is 1. The number of methoxy groups -OCH3 is 1. The van der Waals surface area contributed by atoms with Crippen molar-refractivity contribution in [3.8, 4) is 5.75 Å². The second-order valence-corrected chi connectivity index (χ2v) is 5.65. The van der Waals surface area contributed by atoms with E-state index in [-0.39, 0.29) is 0 Å². The lowest BCUT2D eigenvalue weighted by atomic mass is 9.96. The Hall–Kier alpha value is -1.06. The van der Waals surface area contributed by atoms with Crippen LogP contribution in [0.15, 0.2) is 18.2 Å². The third kappa shape index (κ3) is 3.28. The van der Waals surface area contributed by atoms with Crippen LogP contribution in [0.1, 0.15) is 44.2 Å². The second kappa shape index (κ2) is 6.40. The molecule has 2 N–H and O–H groups in total. The van der Waals surface area contributed by atoms with Gasteiger partial charge in [0.1, 0.15) is 5.75 Å². The van der Waals surface area contributed by atoms with E-state index in [1.807, 2.05) is 0 Å². The van der Waals surface area contributed by atoms with E-state index >= 15 is 0 Å². The van der Waals surface area contributed by atoms with E-state index < -0.39 is 0 Å². The summed E-state index contributed by atoms with van der Waals surface area (Å²) in [5.74, 6) is 0.914. The SMILES string of the molecule is COc1cc(CN2C(C)CCCC2C)ccc1CN. The topological polar surface area (TPSA) is 38.5 Å². The molecular formula is C16H26N2O. The largest absolute Gasteiger partial charge is 0.496 e. The Labute approximate surface area is 116 Å². The molecule has 19 heavy (non-hydrogen) atoms. The van der Waals surface area contributed by atoms with Gasteiger partial charge in [-0.05, 0) is 38.3 Å². The summed E-state index contributed by atoms with van der Waals surface area (Å²) in [6, 6.07) is 7.75. The molecule has 1 fully saturated rings. The Balaban J connectivity index is 2.13. The Bertz CT molecular complexity index is 409. The van der Waals surface area contributed by atoms with Crippen molar-refractivity contribution >= 4 is 0 Å². The lowest BCUT2D eigenvalue weighted by molar-refractivity contribution is 0.0952. The molecule has 2 atom stereocenters. The highest BCUT2D eigenvalue weighted by atomic mass is 16.5. The van der Waals surface area contributed by atoms with Crippen LogP contribution < -0.4 is 10.5 Å². The zero-order valence-corrected chi connectivity index (χ0v) is 12.4. The zero-order chi connectivity index (χ0) is 13.8. The van der Waals surface area contributed by atoms with Crippen LogP contribution in [0.2, 0.25) is 0 Å². The van der Waals surface area contributed by atoms with Gasteiger partial charge in [-0.1, -0.05) is 18.6 Å². The third-order valence-electron chi connectivity index (χ3n) is 4.31. The molecule has 1 aromatic carbocycles. The third-order valence-corrected chi connectivity index (χ3v) is 4.31. The van der Waals surface area contributed by atoms with Crippen molar-refractivity contribution in [1.29, 1.82) is 0 Å². The molecule has 2 rings (SSSR count). The van der Waals surface area contributed by atoms with Gasteiger partial charge < -0.3 is 10.5 Å². The first kappa shape index (κ1) is 14.4. The first-order valence-corrected chi connectivity index (χ1v) is 7.27. The van der Waals surface area contributed by atoms with Gasteiger partial charge in [-0.15, -0.1) is 0 Å². The number of nitrogens with zero attached hydrogens (tertiary/aromatic N) is 1. The van der Waals surface area contributed by atoms with Crippen LogP contribution in [0, 0.1) is 0 Å². The van der Waals surface area contributed by atoms with E-state index in [2.05, 4.69) is 36.9 Å². The van der Waals surface area contributed by atoms with Crippen LogP contribution in [0.25, 0.3) is 0 Å². The van der Waals surface area contributed by atoms with Gasteiger partial charge in [0.05, 0.1) is 7.11 Å². The highest BCUT2D eigenvalue weighted by Gasteiger charge is 2.24. The minimum atomic E-state index is 0.528. The summed E-state index contributed by atoms with van der Waals surface area (Å²) in [6.07, 6.45) is 3.97. The fraction of sp³-hybridized carbons (Fsp3) is 0.625. The van der Waals surface area contributed by atoms with Gasteiger partial charge >= 0.3 is 0 Å². The molecule has 1 aromatic rings. The van der Waals surface area contributed by atoms with Gasteiger partial charge in [-0.25, -0.2) is 0 Å². The summed E-state index contributed by atoms with van der Waals surface area (Å²) in [7, 11) is 1.71. The van der Waals surface area contributed by atoms with Gasteiger partial charge in [-0.2, -0.15) is 0 Å². The summed E-state index contributed by atoms with van der Waals surface area (Å²) in [5.41, 5.74) is 8.10. The van der Waals surface area contributed by atoms with Crippen LogP contribution in [0.4, 0.5) is 0 Å². The Morgan fingerprint density at radius 2 is 1.95 bits per heavy atom. The molecule has 1 aliphatic rings. The molecule has 3 heteroatoms. The number of piperidine rings is 1. The maximum atomic E-state index is 5.71. The van der Waals surface area contributed by atoms with Gasteiger partial charge in [0.2, 0.25) is 0 Å². The fourth-order valence-corrected chi connectivity index (χ4v) is 3.05. The predicted molar refractivity (Wildman–Crippen MR) is 79.2 cm³/mol. The van der Waals surface area contributed by atoms with E-state index in [1.165, 1.54) is 24.8 Å². The van der Waals surface area contributed by atoms with Crippen molar-refractivity contribution in [2.75, 3.05) is 7.11 Å². The first-order chi connectivity index (χ1) is 9.15. The normalized spacial score (nSPS) is 24.4. The van der Waals surface area contributed by atoms with E-state index in [1.54, 1.807) is 7.11 Å². The molecule has 0 spiro atoms. The number of hydrogen-bond donors (Lipinski definition) is 1. The minimum Gasteiger partial charge on any atom is -0.496 e. The van der Waals surface area contributed by atoms with Crippen molar-refractivity contribution in [3.63, 3.8) is 0 Å². The molecule has 1 saturated heterocycles. The van der Waals surface area contributed by atoms with Crippen LogP contribution >= 0.6 is 0 Å². The quantitative estimate of drug-likeness (QED) is 0.906. The summed E-state index contributed by atoms with van der Waals surface area (Å²) < 4.78 is 5.42. The molecule has 0 aromatic heterocycles. The average Bonchev–Trinajstić information content (AvgIpc) is 2.42. The molecule has 1 heterocycles. The molecule has 0 bridgehead atoms. The smallest absolute Gasteiger partial charge is 0.123 e. The molecule has 3 nitrogen and oxygen atoms in total. The summed E-state index contributed by atoms with van der Waals surface area (Å²) >= 11 is 0. The van der Waals surface area contributed by atoms with Crippen molar-refractivity contribution < 1.29 is 4.74 Å². The molecule has 106 valence electrons. The number of rotatable bonds is 4. The average molecular weight is 262 g/mol. The van der Waals surface area contributed by atoms with Crippen LogP contribution in [-0.2, 0) is 13.1 Å². The standard InChI is InChI=1S/C16H26N2O/c1-12-5-4-6-13(2)18(12)11-14-7-8-15(10-17)16(9-14)19-3/h7-9,12-13H,4-6,10-11,17H2,1-3H3. The van der Waals surface area contributed by atoms with Crippen LogP contribution in [0.3, 0.4) is 0 Å². The Morgan fingerprint density at radius 3 is 2.53 bits per heavy atom. The molecule has 0 radical (unpaired) electrons. The summed E-state index contributed by atoms with van der Waals surface area (Å²) in [6.45, 7) is 6.20. The highest BCUT2D eigenvalue weighted by Crippen LogP contribution is 2.26. The maximum Gasteiger partial charge on any atom is 0.123 e. The molecule has 1 aliphatic heterocycles. The monoisotopic (exact) mass is 262 g/mol. The number of likely N-dealkylation sites (tertiary alicyclic amines) is 1. The lowest BCUT2D eigenvalue weighted by Gasteiger charge is -2.39. The zero-order valence-electron chi connectivity index (χ0n) is 12.4. The number of ether oxygens (including phenoxy) is 1. The second-order valence-electron chi connectivity index (χ2n) is 5.65. The maximum absolute atomic E-state index is 5.71. The molecule has 0 aliphatic carbocycles. The molecular weight excluding hydrogens is 236 g/mol. The van der Waals surface area contributed by atoms with Gasteiger partial charge in [0.25, 0.3) is 0 Å². The molecule has 0 saturated carbocycles. The molecule has 0 amide bonds. The van der Waals surface area contributed by atoms with Gasteiger partial charge in [0.15, 0.2) is 0 Å². The van der Waals surface area contributed by atoms with Crippen molar-refractivity contribution in [3.05, 3.63) is 29.3 Å². The summed E-state index contributed by atoms with van der Waals surface area (Å²) in [5, 5.41) is 0. The van der Waals surface area contributed by atoms with Gasteiger partial charge in [-0.3, -0.25) is 4.90 Å². The van der Waals surface area contributed by atoms with Crippen molar-refractivity contribution in [2.45, 2.75) is 58.3 Å². The van der Waals surface area contributed by atoms with Gasteiger partial charge in [0, 0.05) is 30.7 Å². The predicted octanol–water partition coefficient (Wildman–Crippen LogP) is 2.92. The van der Waals surface area contributed by atoms with E-state index in [0.717, 1.165) is 17.9 Å². The lowest BCUT2D eigenvalue weighted by Crippen LogP contribution is -2.42. The van der Waals surface area contributed by atoms with Crippen LogP contribution in [0.5, 0.6) is 5.75 Å². The van der Waals surface area contributed by atoms with E-state index in [0.29, 0.717) is 18.6 Å². The first-order valence-electron chi connectivity index (χ1n) is 7.27. The minimum absolute atomic E-state index is 0.528. The van der Waals surface area contributed by atoms with E-state index in [4.69, 9.17) is 10.5 Å². The Kier molecular flexibility index (Phi) is 4.83. The number of nitrogens with two attached hydrogens (primary N) is 1.